The number of benzene rings is 1. The maximum absolute atomic E-state index is 10.4. The fourth-order valence-corrected chi connectivity index (χ4v) is 3.19. The fraction of sp³-hybridized carbons (Fsp3) is 0.538. The Labute approximate surface area is 112 Å². The normalized spacial score (nSPS) is 16.6. The summed E-state index contributed by atoms with van der Waals surface area (Å²) in [5, 5.41) is 5.24. The van der Waals surface area contributed by atoms with E-state index in [-0.39, 0.29) is 0 Å². The van der Waals surface area contributed by atoms with Gasteiger partial charge in [0, 0.05) is 24.1 Å². The third-order valence-electron chi connectivity index (χ3n) is 3.18. The van der Waals surface area contributed by atoms with Crippen molar-refractivity contribution >= 4 is 11.8 Å². The van der Waals surface area contributed by atoms with Crippen molar-refractivity contribution in [2.24, 2.45) is 5.29 Å². The molecule has 1 heterocycles. The van der Waals surface area contributed by atoms with Gasteiger partial charge in [0.2, 0.25) is 0 Å². The summed E-state index contributed by atoms with van der Waals surface area (Å²) in [6.45, 7) is 1.59. The Bertz CT molecular complexity index is 375. The van der Waals surface area contributed by atoms with E-state index in [0.29, 0.717) is 5.25 Å². The fourth-order valence-electron chi connectivity index (χ4n) is 2.03. The first kappa shape index (κ1) is 13.2. The van der Waals surface area contributed by atoms with Gasteiger partial charge in [-0.2, -0.15) is 11.8 Å². The number of nitroso groups, excluding NO2 is 1. The minimum absolute atomic E-state index is 0.644. The molecule has 1 aromatic rings. The first-order chi connectivity index (χ1) is 8.81. The lowest BCUT2D eigenvalue weighted by atomic mass is 10.1. The monoisotopic (exact) mass is 266 g/mol. The second-order valence-electron chi connectivity index (χ2n) is 4.39. The van der Waals surface area contributed by atoms with Gasteiger partial charge in [-0.3, -0.25) is 5.01 Å². The molecule has 0 atom stereocenters. The average Bonchev–Trinajstić information content (AvgIpc) is 2.46. The van der Waals surface area contributed by atoms with Crippen LogP contribution in [-0.4, -0.2) is 30.5 Å². The maximum atomic E-state index is 10.4. The zero-order chi connectivity index (χ0) is 12.8. The first-order valence-corrected chi connectivity index (χ1v) is 7.19. The van der Waals surface area contributed by atoms with E-state index in [9.17, 15) is 4.91 Å². The van der Waals surface area contributed by atoms with Crippen molar-refractivity contribution in [2.75, 3.05) is 20.2 Å². The number of hydrogen-bond donors (Lipinski definition) is 0. The van der Waals surface area contributed by atoms with Crippen LogP contribution in [0.3, 0.4) is 0 Å². The lowest BCUT2D eigenvalue weighted by molar-refractivity contribution is 0.240. The summed E-state index contributed by atoms with van der Waals surface area (Å²) >= 11 is 1.97. The zero-order valence-electron chi connectivity index (χ0n) is 10.5. The standard InChI is InChI=1S/C13H18N2O2S/c1-17-12-4-2-11(3-5-12)10-18-13-6-8-15(14-16)9-7-13/h2-5,13H,6-10H2,1H3. The van der Waals surface area contributed by atoms with Crippen molar-refractivity contribution in [1.29, 1.82) is 0 Å². The molecular weight excluding hydrogens is 248 g/mol. The predicted molar refractivity (Wildman–Crippen MR) is 74.7 cm³/mol. The van der Waals surface area contributed by atoms with Crippen molar-refractivity contribution in [2.45, 2.75) is 23.8 Å². The molecule has 0 aliphatic carbocycles. The number of rotatable bonds is 5. The van der Waals surface area contributed by atoms with E-state index in [1.54, 1.807) is 12.1 Å². The summed E-state index contributed by atoms with van der Waals surface area (Å²) in [7, 11) is 1.68. The molecule has 0 radical (unpaired) electrons. The van der Waals surface area contributed by atoms with Gasteiger partial charge in [0.15, 0.2) is 0 Å². The van der Waals surface area contributed by atoms with Gasteiger partial charge in [-0.25, -0.2) is 0 Å². The van der Waals surface area contributed by atoms with Crippen LogP contribution in [0.1, 0.15) is 18.4 Å². The average molecular weight is 266 g/mol. The molecule has 1 aliphatic rings. The predicted octanol–water partition coefficient (Wildman–Crippen LogP) is 3.07. The summed E-state index contributed by atoms with van der Waals surface area (Å²) < 4.78 is 5.14. The van der Waals surface area contributed by atoms with Crippen LogP contribution in [0.25, 0.3) is 0 Å². The van der Waals surface area contributed by atoms with E-state index in [4.69, 9.17) is 4.74 Å². The number of ether oxygens (including phenoxy) is 1. The molecule has 0 unspecified atom stereocenters. The molecule has 98 valence electrons. The molecule has 4 nitrogen and oxygen atoms in total. The summed E-state index contributed by atoms with van der Waals surface area (Å²) in [6, 6.07) is 8.20. The molecule has 0 spiro atoms. The lowest BCUT2D eigenvalue weighted by Crippen LogP contribution is -2.30. The summed E-state index contributed by atoms with van der Waals surface area (Å²) in [4.78, 5) is 10.4. The van der Waals surface area contributed by atoms with E-state index in [1.807, 2.05) is 23.9 Å². The SMILES string of the molecule is COc1ccc(CSC2CCN(N=O)CC2)cc1. The molecule has 2 rings (SSSR count). The smallest absolute Gasteiger partial charge is 0.118 e. The first-order valence-electron chi connectivity index (χ1n) is 6.14. The molecule has 1 aliphatic heterocycles. The highest BCUT2D eigenvalue weighted by Gasteiger charge is 2.18. The molecule has 0 aromatic heterocycles. The molecule has 5 heteroatoms. The maximum Gasteiger partial charge on any atom is 0.118 e. The summed E-state index contributed by atoms with van der Waals surface area (Å²) in [6.07, 6.45) is 2.10. The Balaban J connectivity index is 1.76. The van der Waals surface area contributed by atoms with Crippen LogP contribution in [0, 0.1) is 4.91 Å². The van der Waals surface area contributed by atoms with Gasteiger partial charge in [-0.15, -0.1) is 4.91 Å². The summed E-state index contributed by atoms with van der Waals surface area (Å²) in [5.41, 5.74) is 1.32. The van der Waals surface area contributed by atoms with E-state index >= 15 is 0 Å². The van der Waals surface area contributed by atoms with Crippen LogP contribution < -0.4 is 4.74 Å². The van der Waals surface area contributed by atoms with E-state index in [1.165, 1.54) is 5.56 Å². The van der Waals surface area contributed by atoms with Crippen LogP contribution >= 0.6 is 11.8 Å². The number of nitrogens with zero attached hydrogens (tertiary/aromatic N) is 2. The van der Waals surface area contributed by atoms with E-state index in [2.05, 4.69) is 17.4 Å². The van der Waals surface area contributed by atoms with Crippen molar-refractivity contribution in [3.8, 4) is 5.75 Å². The van der Waals surface area contributed by atoms with Gasteiger partial charge in [0.05, 0.1) is 12.4 Å². The van der Waals surface area contributed by atoms with Gasteiger partial charge in [0.1, 0.15) is 5.75 Å². The summed E-state index contributed by atoms with van der Waals surface area (Å²) in [5.74, 6) is 1.91. The number of methoxy groups -OCH3 is 1. The molecule has 1 fully saturated rings. The van der Waals surface area contributed by atoms with E-state index < -0.39 is 0 Å². The quantitative estimate of drug-likeness (QED) is 0.768. The molecule has 0 N–H and O–H groups in total. The Morgan fingerprint density at radius 3 is 2.56 bits per heavy atom. The zero-order valence-corrected chi connectivity index (χ0v) is 11.4. The molecule has 0 saturated carbocycles. The van der Waals surface area contributed by atoms with Crippen molar-refractivity contribution < 1.29 is 4.74 Å². The number of hydrogen-bond acceptors (Lipinski definition) is 4. The lowest BCUT2D eigenvalue weighted by Gasteiger charge is -2.27. The second kappa shape index (κ2) is 6.64. The van der Waals surface area contributed by atoms with Crippen molar-refractivity contribution in [3.63, 3.8) is 0 Å². The van der Waals surface area contributed by atoms with Gasteiger partial charge in [0.25, 0.3) is 0 Å². The van der Waals surface area contributed by atoms with Crippen molar-refractivity contribution in [1.82, 2.24) is 5.01 Å². The van der Waals surface area contributed by atoms with Gasteiger partial charge in [-0.05, 0) is 30.5 Å². The van der Waals surface area contributed by atoms with E-state index in [0.717, 1.165) is 37.4 Å². The molecular formula is C13H18N2O2S. The van der Waals surface area contributed by atoms with Crippen molar-refractivity contribution in [3.05, 3.63) is 34.7 Å². The van der Waals surface area contributed by atoms with Crippen LogP contribution in [0.4, 0.5) is 0 Å². The molecule has 0 amide bonds. The molecule has 18 heavy (non-hydrogen) atoms. The highest BCUT2D eigenvalue weighted by molar-refractivity contribution is 7.99. The van der Waals surface area contributed by atoms with Crippen LogP contribution in [-0.2, 0) is 5.75 Å². The van der Waals surface area contributed by atoms with Gasteiger partial charge >= 0.3 is 0 Å². The minimum Gasteiger partial charge on any atom is -0.497 e. The van der Waals surface area contributed by atoms with Crippen LogP contribution in [0.15, 0.2) is 29.6 Å². The van der Waals surface area contributed by atoms with Gasteiger partial charge < -0.3 is 4.74 Å². The minimum atomic E-state index is 0.644. The Morgan fingerprint density at radius 1 is 1.33 bits per heavy atom. The van der Waals surface area contributed by atoms with Crippen LogP contribution in [0.2, 0.25) is 0 Å². The third kappa shape index (κ3) is 3.63. The molecule has 1 aromatic carbocycles. The number of thioether (sulfide) groups is 1. The molecule has 1 saturated heterocycles. The van der Waals surface area contributed by atoms with Crippen LogP contribution in [0.5, 0.6) is 5.75 Å². The highest BCUT2D eigenvalue weighted by Crippen LogP contribution is 2.27. The topological polar surface area (TPSA) is 41.9 Å². The van der Waals surface area contributed by atoms with Gasteiger partial charge in [-0.1, -0.05) is 12.1 Å². The highest BCUT2D eigenvalue weighted by atomic mass is 32.2. The third-order valence-corrected chi connectivity index (χ3v) is 4.62. The Morgan fingerprint density at radius 2 is 2.00 bits per heavy atom. The largest absolute Gasteiger partial charge is 0.497 e. The Kier molecular flexibility index (Phi) is 4.87. The Hall–Kier alpha value is -1.23. The number of piperidine rings is 1. The molecule has 0 bridgehead atoms. The second-order valence-corrected chi connectivity index (χ2v) is 5.68.